The van der Waals surface area contributed by atoms with Gasteiger partial charge in [0.25, 0.3) is 0 Å². The smallest absolute Gasteiger partial charge is 0.128 e. The molecule has 2 saturated carbocycles. The summed E-state index contributed by atoms with van der Waals surface area (Å²) in [6, 6.07) is 4.68. The molecule has 18 heavy (non-hydrogen) atoms. The Labute approximate surface area is 114 Å². The van der Waals surface area contributed by atoms with Gasteiger partial charge in [-0.05, 0) is 43.7 Å². The van der Waals surface area contributed by atoms with E-state index in [4.69, 9.17) is 11.6 Å². The summed E-state index contributed by atoms with van der Waals surface area (Å²) in [4.78, 5) is 6.93. The van der Waals surface area contributed by atoms with Crippen LogP contribution in [0, 0.1) is 5.92 Å². The minimum absolute atomic E-state index is 0.690. The molecule has 0 saturated heterocycles. The lowest BCUT2D eigenvalue weighted by Crippen LogP contribution is -2.22. The van der Waals surface area contributed by atoms with Crippen LogP contribution in [0.1, 0.15) is 31.4 Å². The van der Waals surface area contributed by atoms with Crippen LogP contribution < -0.4 is 10.2 Å². The van der Waals surface area contributed by atoms with Gasteiger partial charge in [0.05, 0.1) is 10.7 Å². The molecular formula is C14H20ClN3. The summed E-state index contributed by atoms with van der Waals surface area (Å²) >= 11 is 6.20. The van der Waals surface area contributed by atoms with Crippen LogP contribution in [0.2, 0.25) is 5.02 Å². The normalized spacial score (nSPS) is 19.0. The number of hydrogen-bond acceptors (Lipinski definition) is 3. The molecule has 0 radical (unpaired) electrons. The Bertz CT molecular complexity index is 427. The van der Waals surface area contributed by atoms with E-state index in [-0.39, 0.29) is 0 Å². The number of nitrogens with one attached hydrogen (secondary N) is 1. The highest BCUT2D eigenvalue weighted by atomic mass is 35.5. The molecule has 4 heteroatoms. The Kier molecular flexibility index (Phi) is 3.44. The minimum Gasteiger partial charge on any atom is -0.359 e. The quantitative estimate of drug-likeness (QED) is 0.857. The van der Waals surface area contributed by atoms with Crippen LogP contribution in [-0.2, 0) is 6.54 Å². The van der Waals surface area contributed by atoms with Crippen molar-refractivity contribution in [2.75, 3.05) is 18.5 Å². The number of rotatable bonds is 6. The largest absolute Gasteiger partial charge is 0.359 e. The third kappa shape index (κ3) is 3.15. The number of pyridine rings is 1. The summed E-state index contributed by atoms with van der Waals surface area (Å²) in [7, 11) is 2.12. The van der Waals surface area contributed by atoms with E-state index < -0.39 is 0 Å². The van der Waals surface area contributed by atoms with Crippen molar-refractivity contribution in [3.63, 3.8) is 0 Å². The molecule has 98 valence electrons. The topological polar surface area (TPSA) is 28.2 Å². The van der Waals surface area contributed by atoms with Crippen LogP contribution >= 0.6 is 11.6 Å². The number of anilines is 1. The van der Waals surface area contributed by atoms with Crippen LogP contribution in [0.4, 0.5) is 5.82 Å². The van der Waals surface area contributed by atoms with Gasteiger partial charge < -0.3 is 10.2 Å². The fraction of sp³-hybridized carbons (Fsp3) is 0.643. The first-order valence-corrected chi connectivity index (χ1v) is 7.20. The Morgan fingerprint density at radius 2 is 2.11 bits per heavy atom. The van der Waals surface area contributed by atoms with E-state index in [0.717, 1.165) is 35.5 Å². The van der Waals surface area contributed by atoms with Gasteiger partial charge in [-0.3, -0.25) is 0 Å². The zero-order chi connectivity index (χ0) is 12.5. The molecule has 0 atom stereocenters. The molecular weight excluding hydrogens is 246 g/mol. The Morgan fingerprint density at radius 1 is 1.33 bits per heavy atom. The molecule has 0 spiro atoms. The van der Waals surface area contributed by atoms with Gasteiger partial charge in [0.1, 0.15) is 5.82 Å². The van der Waals surface area contributed by atoms with Gasteiger partial charge in [-0.1, -0.05) is 11.6 Å². The molecule has 0 aliphatic heterocycles. The predicted octanol–water partition coefficient (Wildman–Crippen LogP) is 2.83. The van der Waals surface area contributed by atoms with Crippen LogP contribution in [0.3, 0.4) is 0 Å². The fourth-order valence-electron chi connectivity index (χ4n) is 2.12. The van der Waals surface area contributed by atoms with Crippen molar-refractivity contribution >= 4 is 17.4 Å². The third-order valence-electron chi connectivity index (χ3n) is 3.66. The average Bonchev–Trinajstić information content (AvgIpc) is 3.22. The highest BCUT2D eigenvalue weighted by molar-refractivity contribution is 6.31. The van der Waals surface area contributed by atoms with E-state index in [1.165, 1.54) is 25.7 Å². The van der Waals surface area contributed by atoms with E-state index in [1.807, 2.05) is 12.1 Å². The SMILES string of the molecule is CN(CC1CC1)c1ccc(Cl)c(CNC2CC2)n1. The molecule has 1 aromatic heterocycles. The van der Waals surface area contributed by atoms with Gasteiger partial charge in [-0.25, -0.2) is 4.98 Å². The highest BCUT2D eigenvalue weighted by Crippen LogP contribution is 2.31. The van der Waals surface area contributed by atoms with Crippen molar-refractivity contribution in [2.45, 2.75) is 38.3 Å². The van der Waals surface area contributed by atoms with Gasteiger partial charge in [0.2, 0.25) is 0 Å². The average molecular weight is 266 g/mol. The number of nitrogens with zero attached hydrogens (tertiary/aromatic N) is 2. The maximum atomic E-state index is 6.20. The van der Waals surface area contributed by atoms with Crippen molar-refractivity contribution in [2.24, 2.45) is 5.92 Å². The van der Waals surface area contributed by atoms with E-state index in [9.17, 15) is 0 Å². The lowest BCUT2D eigenvalue weighted by molar-refractivity contribution is 0.672. The first kappa shape index (κ1) is 12.2. The first-order valence-electron chi connectivity index (χ1n) is 6.82. The highest BCUT2D eigenvalue weighted by Gasteiger charge is 2.24. The molecule has 3 rings (SSSR count). The zero-order valence-corrected chi connectivity index (χ0v) is 11.6. The molecule has 1 heterocycles. The van der Waals surface area contributed by atoms with Gasteiger partial charge in [-0.2, -0.15) is 0 Å². The Balaban J connectivity index is 1.66. The number of aromatic nitrogens is 1. The summed E-state index contributed by atoms with van der Waals surface area (Å²) in [5, 5.41) is 4.24. The monoisotopic (exact) mass is 265 g/mol. The maximum absolute atomic E-state index is 6.20. The van der Waals surface area contributed by atoms with Crippen molar-refractivity contribution < 1.29 is 0 Å². The van der Waals surface area contributed by atoms with Crippen molar-refractivity contribution in [3.05, 3.63) is 22.8 Å². The van der Waals surface area contributed by atoms with Gasteiger partial charge in [0.15, 0.2) is 0 Å². The van der Waals surface area contributed by atoms with Crippen molar-refractivity contribution in [1.29, 1.82) is 0 Å². The van der Waals surface area contributed by atoms with Crippen molar-refractivity contribution in [1.82, 2.24) is 10.3 Å². The lowest BCUT2D eigenvalue weighted by atomic mass is 10.3. The first-order chi connectivity index (χ1) is 8.72. The lowest BCUT2D eigenvalue weighted by Gasteiger charge is -2.19. The van der Waals surface area contributed by atoms with Gasteiger partial charge in [0, 0.05) is 26.2 Å². The van der Waals surface area contributed by atoms with Crippen LogP contribution in [0.15, 0.2) is 12.1 Å². The minimum atomic E-state index is 0.690. The summed E-state index contributed by atoms with van der Waals surface area (Å²) in [5.41, 5.74) is 0.976. The van der Waals surface area contributed by atoms with E-state index >= 15 is 0 Å². The Morgan fingerprint density at radius 3 is 2.78 bits per heavy atom. The molecule has 1 aromatic rings. The number of halogens is 1. The second kappa shape index (κ2) is 5.06. The molecule has 3 nitrogen and oxygen atoms in total. The third-order valence-corrected chi connectivity index (χ3v) is 4.00. The zero-order valence-electron chi connectivity index (χ0n) is 10.8. The molecule has 2 fully saturated rings. The standard InChI is InChI=1S/C14H20ClN3/c1-18(9-10-2-3-10)14-7-6-12(15)13(17-14)8-16-11-4-5-11/h6-7,10-11,16H,2-5,8-9H2,1H3. The Hall–Kier alpha value is -0.800. The number of hydrogen-bond donors (Lipinski definition) is 1. The summed E-state index contributed by atoms with van der Waals surface area (Å²) in [6.45, 7) is 1.90. The predicted molar refractivity (Wildman–Crippen MR) is 75.1 cm³/mol. The van der Waals surface area contributed by atoms with Crippen LogP contribution in [0.25, 0.3) is 0 Å². The molecule has 2 aliphatic rings. The van der Waals surface area contributed by atoms with Crippen molar-refractivity contribution in [3.8, 4) is 0 Å². The summed E-state index contributed by atoms with van der Waals surface area (Å²) in [5.74, 6) is 1.92. The maximum Gasteiger partial charge on any atom is 0.128 e. The van der Waals surface area contributed by atoms with E-state index in [2.05, 4.69) is 22.2 Å². The molecule has 0 amide bonds. The second-order valence-corrected chi connectivity index (χ2v) is 5.98. The fourth-order valence-corrected chi connectivity index (χ4v) is 2.29. The molecule has 0 aromatic carbocycles. The van der Waals surface area contributed by atoms with Gasteiger partial charge >= 0.3 is 0 Å². The summed E-state index contributed by atoms with van der Waals surface area (Å²) < 4.78 is 0. The van der Waals surface area contributed by atoms with Crippen LogP contribution in [-0.4, -0.2) is 24.6 Å². The van der Waals surface area contributed by atoms with E-state index in [1.54, 1.807) is 0 Å². The molecule has 1 N–H and O–H groups in total. The molecule has 0 unspecified atom stereocenters. The second-order valence-electron chi connectivity index (χ2n) is 5.58. The molecule has 0 bridgehead atoms. The molecule has 2 aliphatic carbocycles. The summed E-state index contributed by atoms with van der Waals surface area (Å²) in [6.07, 6.45) is 5.32. The van der Waals surface area contributed by atoms with Gasteiger partial charge in [-0.15, -0.1) is 0 Å². The van der Waals surface area contributed by atoms with Crippen LogP contribution in [0.5, 0.6) is 0 Å². The van der Waals surface area contributed by atoms with E-state index in [0.29, 0.717) is 6.04 Å².